The molecule has 0 saturated heterocycles. The molecule has 2 rings (SSSR count). The Morgan fingerprint density at radius 3 is 2.95 bits per heavy atom. The number of aryl methyl sites for hydroxylation is 1. The van der Waals surface area contributed by atoms with Crippen LogP contribution in [-0.2, 0) is 11.3 Å². The fourth-order valence-corrected chi connectivity index (χ4v) is 2.29. The number of para-hydroxylation sites is 2. The summed E-state index contributed by atoms with van der Waals surface area (Å²) in [5.74, 6) is 0.175. The van der Waals surface area contributed by atoms with E-state index in [1.54, 1.807) is 0 Å². The molecule has 0 aliphatic rings. The third-order valence-electron chi connectivity index (χ3n) is 3.43. The number of hydrogen-bond acceptors (Lipinski definition) is 2. The van der Waals surface area contributed by atoms with Crippen molar-refractivity contribution in [3.8, 4) is 0 Å². The summed E-state index contributed by atoms with van der Waals surface area (Å²) in [4.78, 5) is 15.9. The molecule has 20 heavy (non-hydrogen) atoms. The summed E-state index contributed by atoms with van der Waals surface area (Å²) in [6.45, 7) is 3.76. The minimum atomic E-state index is 0.175. The van der Waals surface area contributed by atoms with Gasteiger partial charge in [0, 0.05) is 19.5 Å². The van der Waals surface area contributed by atoms with Crippen molar-refractivity contribution in [3.63, 3.8) is 0 Å². The zero-order chi connectivity index (χ0) is 14.2. The van der Waals surface area contributed by atoms with E-state index in [2.05, 4.69) is 27.9 Å². The Hall–Kier alpha value is -1.84. The van der Waals surface area contributed by atoms with Gasteiger partial charge in [0.2, 0.25) is 5.91 Å². The van der Waals surface area contributed by atoms with Gasteiger partial charge in [-0.3, -0.25) is 4.79 Å². The van der Waals surface area contributed by atoms with Crippen molar-refractivity contribution in [2.24, 2.45) is 0 Å². The van der Waals surface area contributed by atoms with E-state index in [1.807, 2.05) is 24.5 Å². The predicted molar refractivity (Wildman–Crippen MR) is 81.5 cm³/mol. The summed E-state index contributed by atoms with van der Waals surface area (Å²) < 4.78 is 2.14. The third kappa shape index (κ3) is 4.08. The molecule has 0 radical (unpaired) electrons. The van der Waals surface area contributed by atoms with E-state index in [-0.39, 0.29) is 5.91 Å². The number of imidazole rings is 1. The smallest absolute Gasteiger partial charge is 0.219 e. The van der Waals surface area contributed by atoms with Gasteiger partial charge in [-0.1, -0.05) is 31.9 Å². The number of amides is 1. The van der Waals surface area contributed by atoms with E-state index < -0.39 is 0 Å². The van der Waals surface area contributed by atoms with Crippen LogP contribution in [0.4, 0.5) is 0 Å². The summed E-state index contributed by atoms with van der Waals surface area (Å²) in [7, 11) is 0. The summed E-state index contributed by atoms with van der Waals surface area (Å²) in [5, 5.41) is 2.98. The lowest BCUT2D eigenvalue weighted by molar-refractivity contribution is -0.121. The SMILES string of the molecule is CCCCCC(=O)NCCCn1cnc2ccccc21. The highest BCUT2D eigenvalue weighted by molar-refractivity contribution is 5.76. The van der Waals surface area contributed by atoms with E-state index in [1.165, 1.54) is 0 Å². The molecule has 1 aromatic carbocycles. The molecule has 0 spiro atoms. The van der Waals surface area contributed by atoms with Gasteiger partial charge in [-0.15, -0.1) is 0 Å². The van der Waals surface area contributed by atoms with Crippen LogP contribution in [0, 0.1) is 0 Å². The maximum atomic E-state index is 11.6. The molecule has 0 atom stereocenters. The lowest BCUT2D eigenvalue weighted by atomic mass is 10.2. The Balaban J connectivity index is 1.70. The van der Waals surface area contributed by atoms with E-state index in [0.717, 1.165) is 49.8 Å². The number of benzene rings is 1. The van der Waals surface area contributed by atoms with Gasteiger partial charge in [-0.2, -0.15) is 0 Å². The van der Waals surface area contributed by atoms with Crippen LogP contribution in [0.1, 0.15) is 39.0 Å². The average molecular weight is 273 g/mol. The van der Waals surface area contributed by atoms with Crippen molar-refractivity contribution < 1.29 is 4.79 Å². The maximum absolute atomic E-state index is 11.6. The molecule has 0 aliphatic heterocycles. The first-order valence-corrected chi connectivity index (χ1v) is 7.48. The van der Waals surface area contributed by atoms with Gasteiger partial charge >= 0.3 is 0 Å². The molecule has 1 aromatic heterocycles. The molecule has 0 unspecified atom stereocenters. The fourth-order valence-electron chi connectivity index (χ4n) is 2.29. The molecule has 0 saturated carbocycles. The quantitative estimate of drug-likeness (QED) is 0.751. The Labute approximate surface area is 120 Å². The minimum Gasteiger partial charge on any atom is -0.356 e. The van der Waals surface area contributed by atoms with Crippen molar-refractivity contribution in [1.29, 1.82) is 0 Å². The molecule has 4 nitrogen and oxygen atoms in total. The van der Waals surface area contributed by atoms with Crippen LogP contribution in [0.25, 0.3) is 11.0 Å². The molecular formula is C16H23N3O. The Kier molecular flexibility index (Phi) is 5.59. The van der Waals surface area contributed by atoms with Crippen molar-refractivity contribution in [1.82, 2.24) is 14.9 Å². The van der Waals surface area contributed by atoms with Gasteiger partial charge in [-0.25, -0.2) is 4.98 Å². The van der Waals surface area contributed by atoms with E-state index in [0.29, 0.717) is 6.42 Å². The Bertz CT molecular complexity index is 547. The van der Waals surface area contributed by atoms with Crippen LogP contribution in [-0.4, -0.2) is 22.0 Å². The van der Waals surface area contributed by atoms with Crippen molar-refractivity contribution in [2.75, 3.05) is 6.54 Å². The topological polar surface area (TPSA) is 46.9 Å². The molecule has 1 amide bonds. The Morgan fingerprint density at radius 2 is 2.10 bits per heavy atom. The number of carbonyl (C=O) groups is 1. The Morgan fingerprint density at radius 1 is 1.25 bits per heavy atom. The molecule has 2 aromatic rings. The number of carbonyl (C=O) groups excluding carboxylic acids is 1. The monoisotopic (exact) mass is 273 g/mol. The van der Waals surface area contributed by atoms with Gasteiger partial charge in [-0.05, 0) is 25.0 Å². The molecular weight excluding hydrogens is 250 g/mol. The van der Waals surface area contributed by atoms with Crippen LogP contribution in [0.15, 0.2) is 30.6 Å². The van der Waals surface area contributed by atoms with Crippen LogP contribution < -0.4 is 5.32 Å². The summed E-state index contributed by atoms with van der Waals surface area (Å²) >= 11 is 0. The van der Waals surface area contributed by atoms with Gasteiger partial charge < -0.3 is 9.88 Å². The fraction of sp³-hybridized carbons (Fsp3) is 0.500. The van der Waals surface area contributed by atoms with Crippen molar-refractivity contribution in [2.45, 2.75) is 45.6 Å². The van der Waals surface area contributed by atoms with E-state index >= 15 is 0 Å². The maximum Gasteiger partial charge on any atom is 0.219 e. The lowest BCUT2D eigenvalue weighted by Gasteiger charge is -2.06. The largest absolute Gasteiger partial charge is 0.356 e. The van der Waals surface area contributed by atoms with E-state index in [4.69, 9.17) is 0 Å². The molecule has 1 heterocycles. The lowest BCUT2D eigenvalue weighted by Crippen LogP contribution is -2.24. The number of unbranched alkanes of at least 4 members (excludes halogenated alkanes) is 2. The predicted octanol–water partition coefficient (Wildman–Crippen LogP) is 3.12. The van der Waals surface area contributed by atoms with Crippen LogP contribution in [0.5, 0.6) is 0 Å². The molecule has 0 aliphatic carbocycles. The van der Waals surface area contributed by atoms with Crippen molar-refractivity contribution >= 4 is 16.9 Å². The minimum absolute atomic E-state index is 0.175. The second kappa shape index (κ2) is 7.68. The second-order valence-corrected chi connectivity index (χ2v) is 5.09. The molecule has 0 bridgehead atoms. The summed E-state index contributed by atoms with van der Waals surface area (Å²) in [5.41, 5.74) is 2.18. The standard InChI is InChI=1S/C16H23N3O/c1-2-3-4-10-16(20)17-11-7-12-19-13-18-14-8-5-6-9-15(14)19/h5-6,8-9,13H,2-4,7,10-12H2,1H3,(H,17,20). The van der Waals surface area contributed by atoms with Gasteiger partial charge in [0.15, 0.2) is 0 Å². The number of rotatable bonds is 8. The highest BCUT2D eigenvalue weighted by Gasteiger charge is 2.02. The van der Waals surface area contributed by atoms with Crippen LogP contribution in [0.2, 0.25) is 0 Å². The second-order valence-electron chi connectivity index (χ2n) is 5.09. The number of hydrogen-bond donors (Lipinski definition) is 1. The highest BCUT2D eigenvalue weighted by atomic mass is 16.1. The zero-order valence-electron chi connectivity index (χ0n) is 12.1. The molecule has 108 valence electrons. The van der Waals surface area contributed by atoms with Crippen molar-refractivity contribution in [3.05, 3.63) is 30.6 Å². The van der Waals surface area contributed by atoms with Crippen LogP contribution >= 0.6 is 0 Å². The molecule has 0 fully saturated rings. The average Bonchev–Trinajstić information content (AvgIpc) is 2.87. The third-order valence-corrected chi connectivity index (χ3v) is 3.43. The van der Waals surface area contributed by atoms with Gasteiger partial charge in [0.25, 0.3) is 0 Å². The first-order chi connectivity index (χ1) is 9.81. The van der Waals surface area contributed by atoms with Gasteiger partial charge in [0.05, 0.1) is 17.4 Å². The summed E-state index contributed by atoms with van der Waals surface area (Å²) in [6, 6.07) is 8.11. The first kappa shape index (κ1) is 14.6. The summed E-state index contributed by atoms with van der Waals surface area (Å²) in [6.07, 6.45) is 6.74. The number of nitrogens with one attached hydrogen (secondary N) is 1. The first-order valence-electron chi connectivity index (χ1n) is 7.48. The van der Waals surface area contributed by atoms with E-state index in [9.17, 15) is 4.79 Å². The van der Waals surface area contributed by atoms with Crippen LogP contribution in [0.3, 0.4) is 0 Å². The van der Waals surface area contributed by atoms with Gasteiger partial charge in [0.1, 0.15) is 0 Å². The number of fused-ring (bicyclic) bond motifs is 1. The zero-order valence-corrected chi connectivity index (χ0v) is 12.1. The highest BCUT2D eigenvalue weighted by Crippen LogP contribution is 2.11. The molecule has 1 N–H and O–H groups in total. The number of nitrogens with zero attached hydrogens (tertiary/aromatic N) is 2. The number of aromatic nitrogens is 2. The molecule has 4 heteroatoms. The normalized spacial score (nSPS) is 10.8.